The molecule has 2 N–H and O–H groups in total. The summed E-state index contributed by atoms with van der Waals surface area (Å²) in [6, 6.07) is 10.8. The van der Waals surface area contributed by atoms with Crippen LogP contribution >= 0.6 is 0 Å². The second-order valence-corrected chi connectivity index (χ2v) is 6.99. The minimum absolute atomic E-state index is 0.421. The second-order valence-electron chi connectivity index (χ2n) is 6.99. The molecule has 0 aromatic heterocycles. The SMILES string of the molecule is CC(CC1CCCCN1)NC(C)c1ccc(C(C)C)cc1. The molecule has 118 valence electrons. The van der Waals surface area contributed by atoms with Crippen molar-refractivity contribution in [1.29, 1.82) is 0 Å². The van der Waals surface area contributed by atoms with Crippen LogP contribution in [0.3, 0.4) is 0 Å². The van der Waals surface area contributed by atoms with Gasteiger partial charge in [0.25, 0.3) is 0 Å². The van der Waals surface area contributed by atoms with Crippen LogP contribution in [0.4, 0.5) is 0 Å². The summed E-state index contributed by atoms with van der Waals surface area (Å²) in [4.78, 5) is 0. The van der Waals surface area contributed by atoms with Crippen molar-refractivity contribution < 1.29 is 0 Å². The van der Waals surface area contributed by atoms with Crippen molar-refractivity contribution in [2.45, 2.75) is 77.4 Å². The van der Waals surface area contributed by atoms with Crippen LogP contribution in [0.15, 0.2) is 24.3 Å². The average molecular weight is 288 g/mol. The molecular weight excluding hydrogens is 256 g/mol. The zero-order chi connectivity index (χ0) is 15.2. The largest absolute Gasteiger partial charge is 0.314 e. The molecule has 2 rings (SSSR count). The van der Waals surface area contributed by atoms with E-state index < -0.39 is 0 Å². The Kier molecular flexibility index (Phi) is 6.25. The minimum atomic E-state index is 0.421. The van der Waals surface area contributed by atoms with E-state index in [2.05, 4.69) is 62.6 Å². The maximum Gasteiger partial charge on any atom is 0.0294 e. The van der Waals surface area contributed by atoms with Crippen LogP contribution in [0.25, 0.3) is 0 Å². The molecule has 2 nitrogen and oxygen atoms in total. The van der Waals surface area contributed by atoms with E-state index in [1.54, 1.807) is 0 Å². The van der Waals surface area contributed by atoms with E-state index in [4.69, 9.17) is 0 Å². The molecule has 0 amide bonds. The number of benzene rings is 1. The predicted octanol–water partition coefficient (Wildman–Crippen LogP) is 4.38. The van der Waals surface area contributed by atoms with Crippen molar-refractivity contribution >= 4 is 0 Å². The maximum atomic E-state index is 3.75. The fourth-order valence-electron chi connectivity index (χ4n) is 3.31. The first kappa shape index (κ1) is 16.5. The molecule has 1 saturated heterocycles. The third-order valence-corrected chi connectivity index (χ3v) is 4.69. The van der Waals surface area contributed by atoms with Gasteiger partial charge in [-0.25, -0.2) is 0 Å². The Morgan fingerprint density at radius 2 is 1.71 bits per heavy atom. The van der Waals surface area contributed by atoms with Gasteiger partial charge in [0, 0.05) is 18.1 Å². The first-order valence-electron chi connectivity index (χ1n) is 8.65. The van der Waals surface area contributed by atoms with Crippen molar-refractivity contribution in [3.05, 3.63) is 35.4 Å². The Morgan fingerprint density at radius 3 is 2.29 bits per heavy atom. The number of hydrogen-bond donors (Lipinski definition) is 2. The summed E-state index contributed by atoms with van der Waals surface area (Å²) >= 11 is 0. The molecule has 0 bridgehead atoms. The molecule has 1 aliphatic rings. The van der Waals surface area contributed by atoms with Crippen LogP contribution in [0.2, 0.25) is 0 Å². The van der Waals surface area contributed by atoms with Gasteiger partial charge < -0.3 is 10.6 Å². The van der Waals surface area contributed by atoms with Gasteiger partial charge >= 0.3 is 0 Å². The Morgan fingerprint density at radius 1 is 1.05 bits per heavy atom. The molecule has 3 unspecified atom stereocenters. The zero-order valence-electron chi connectivity index (χ0n) is 14.2. The van der Waals surface area contributed by atoms with E-state index in [1.807, 2.05) is 0 Å². The molecule has 0 radical (unpaired) electrons. The molecule has 1 aromatic rings. The van der Waals surface area contributed by atoms with Crippen molar-refractivity contribution in [2.75, 3.05) is 6.54 Å². The van der Waals surface area contributed by atoms with E-state index >= 15 is 0 Å². The lowest BCUT2D eigenvalue weighted by molar-refractivity contribution is 0.334. The number of rotatable bonds is 6. The van der Waals surface area contributed by atoms with Crippen molar-refractivity contribution in [3.63, 3.8) is 0 Å². The molecular formula is C19H32N2. The van der Waals surface area contributed by atoms with Gasteiger partial charge in [0.15, 0.2) is 0 Å². The van der Waals surface area contributed by atoms with E-state index in [0.717, 1.165) is 0 Å². The van der Waals surface area contributed by atoms with Gasteiger partial charge in [0.1, 0.15) is 0 Å². The topological polar surface area (TPSA) is 24.1 Å². The van der Waals surface area contributed by atoms with E-state index in [-0.39, 0.29) is 0 Å². The summed E-state index contributed by atoms with van der Waals surface area (Å²) < 4.78 is 0. The van der Waals surface area contributed by atoms with E-state index in [0.29, 0.717) is 24.0 Å². The average Bonchev–Trinajstić information content (AvgIpc) is 2.48. The highest BCUT2D eigenvalue weighted by Crippen LogP contribution is 2.20. The highest BCUT2D eigenvalue weighted by Gasteiger charge is 2.17. The van der Waals surface area contributed by atoms with Crippen LogP contribution in [0.5, 0.6) is 0 Å². The lowest BCUT2D eigenvalue weighted by Gasteiger charge is -2.28. The maximum absolute atomic E-state index is 3.75. The summed E-state index contributed by atoms with van der Waals surface area (Å²) in [6.07, 6.45) is 5.30. The number of piperidine rings is 1. The monoisotopic (exact) mass is 288 g/mol. The van der Waals surface area contributed by atoms with Gasteiger partial charge in [-0.05, 0) is 56.7 Å². The van der Waals surface area contributed by atoms with Crippen molar-refractivity contribution in [3.8, 4) is 0 Å². The zero-order valence-corrected chi connectivity index (χ0v) is 14.2. The van der Waals surface area contributed by atoms with Gasteiger partial charge in [0.05, 0.1) is 0 Å². The number of nitrogens with one attached hydrogen (secondary N) is 2. The van der Waals surface area contributed by atoms with Gasteiger partial charge in [0.2, 0.25) is 0 Å². The number of hydrogen-bond acceptors (Lipinski definition) is 2. The molecule has 0 spiro atoms. The van der Waals surface area contributed by atoms with Crippen LogP contribution < -0.4 is 10.6 Å². The molecule has 1 heterocycles. The molecule has 2 heteroatoms. The van der Waals surface area contributed by atoms with Crippen LogP contribution in [-0.4, -0.2) is 18.6 Å². The third-order valence-electron chi connectivity index (χ3n) is 4.69. The molecule has 21 heavy (non-hydrogen) atoms. The van der Waals surface area contributed by atoms with E-state index in [1.165, 1.54) is 43.4 Å². The predicted molar refractivity (Wildman–Crippen MR) is 91.8 cm³/mol. The summed E-state index contributed by atoms with van der Waals surface area (Å²) in [5, 5.41) is 7.40. The molecule has 1 aliphatic heterocycles. The van der Waals surface area contributed by atoms with Crippen LogP contribution in [0, 0.1) is 0 Å². The van der Waals surface area contributed by atoms with Crippen LogP contribution in [0.1, 0.15) is 76.5 Å². The van der Waals surface area contributed by atoms with Gasteiger partial charge in [-0.1, -0.05) is 44.5 Å². The Bertz CT molecular complexity index is 404. The molecule has 1 aromatic carbocycles. The Labute approximate surface area is 130 Å². The molecule has 0 saturated carbocycles. The second kappa shape index (κ2) is 7.95. The van der Waals surface area contributed by atoms with Crippen molar-refractivity contribution in [1.82, 2.24) is 10.6 Å². The van der Waals surface area contributed by atoms with Gasteiger partial charge in [-0.2, -0.15) is 0 Å². The Balaban J connectivity index is 1.83. The van der Waals surface area contributed by atoms with Crippen molar-refractivity contribution in [2.24, 2.45) is 0 Å². The molecule has 3 atom stereocenters. The standard InChI is InChI=1S/C19H32N2/c1-14(2)17-8-10-18(11-9-17)16(4)21-15(3)13-19-7-5-6-12-20-19/h8-11,14-16,19-21H,5-7,12-13H2,1-4H3. The lowest BCUT2D eigenvalue weighted by Crippen LogP contribution is -2.40. The smallest absolute Gasteiger partial charge is 0.0294 e. The normalized spacial score (nSPS) is 22.2. The fourth-order valence-corrected chi connectivity index (χ4v) is 3.31. The third kappa shape index (κ3) is 5.12. The van der Waals surface area contributed by atoms with Crippen LogP contribution in [-0.2, 0) is 0 Å². The summed E-state index contributed by atoms with van der Waals surface area (Å²) in [7, 11) is 0. The molecule has 1 fully saturated rings. The lowest BCUT2D eigenvalue weighted by atomic mass is 9.97. The van der Waals surface area contributed by atoms with Gasteiger partial charge in [-0.3, -0.25) is 0 Å². The van der Waals surface area contributed by atoms with E-state index in [9.17, 15) is 0 Å². The first-order chi connectivity index (χ1) is 10.1. The molecule has 0 aliphatic carbocycles. The highest BCUT2D eigenvalue weighted by atomic mass is 15.0. The van der Waals surface area contributed by atoms with Gasteiger partial charge in [-0.15, -0.1) is 0 Å². The highest BCUT2D eigenvalue weighted by molar-refractivity contribution is 5.26. The fraction of sp³-hybridized carbons (Fsp3) is 0.684. The summed E-state index contributed by atoms with van der Waals surface area (Å²) in [5.74, 6) is 0.610. The quantitative estimate of drug-likeness (QED) is 0.811. The summed E-state index contributed by atoms with van der Waals surface area (Å²) in [6.45, 7) is 10.3. The Hall–Kier alpha value is -0.860. The minimum Gasteiger partial charge on any atom is -0.314 e. The first-order valence-corrected chi connectivity index (χ1v) is 8.65. The summed E-state index contributed by atoms with van der Waals surface area (Å²) in [5.41, 5.74) is 2.81.